The van der Waals surface area contributed by atoms with E-state index in [1.165, 1.54) is 7.11 Å². The molecule has 3 aromatic rings. The van der Waals surface area contributed by atoms with Gasteiger partial charge in [-0.1, -0.05) is 29.8 Å². The van der Waals surface area contributed by atoms with Crippen LogP contribution in [0.4, 0.5) is 10.5 Å². The van der Waals surface area contributed by atoms with E-state index in [0.717, 1.165) is 33.4 Å². The molecule has 0 unspecified atom stereocenters. The highest BCUT2D eigenvalue weighted by Gasteiger charge is 2.36. The summed E-state index contributed by atoms with van der Waals surface area (Å²) in [5, 5.41) is 2.87. The molecule has 1 aliphatic heterocycles. The number of rotatable bonds is 8. The van der Waals surface area contributed by atoms with Gasteiger partial charge in [0.15, 0.2) is 11.5 Å². The Hall–Kier alpha value is -3.27. The zero-order chi connectivity index (χ0) is 27.4. The lowest BCUT2D eigenvalue weighted by atomic mass is 10.1. The van der Waals surface area contributed by atoms with Crippen LogP contribution in [0.2, 0.25) is 5.02 Å². The number of halogens is 2. The molecule has 3 amide bonds. The normalized spacial score (nSPS) is 14.2. The summed E-state index contributed by atoms with van der Waals surface area (Å²) >= 11 is 10.2. The van der Waals surface area contributed by atoms with E-state index in [-0.39, 0.29) is 11.4 Å². The number of ether oxygens (including phenoxy) is 2. The molecule has 0 atom stereocenters. The molecular weight excluding hydrogens is 592 g/mol. The summed E-state index contributed by atoms with van der Waals surface area (Å²) in [6, 6.07) is 16.3. The van der Waals surface area contributed by atoms with Crippen molar-refractivity contribution in [3.8, 4) is 11.5 Å². The van der Waals surface area contributed by atoms with Crippen molar-refractivity contribution in [2.75, 3.05) is 19.0 Å². The second kappa shape index (κ2) is 12.1. The molecule has 1 aliphatic rings. The van der Waals surface area contributed by atoms with Crippen molar-refractivity contribution >= 4 is 68.1 Å². The maximum Gasteiger partial charge on any atom is 0.294 e. The highest BCUT2D eigenvalue weighted by Crippen LogP contribution is 2.39. The third-order valence-corrected chi connectivity index (χ3v) is 7.56. The molecule has 1 fully saturated rings. The van der Waals surface area contributed by atoms with Gasteiger partial charge in [0, 0.05) is 10.7 Å². The standard InChI is InChI=1S/C28H24BrClN2O5S/c1-16-4-9-21(10-17(16)2)31-25(33)14-32-27(34)24(38-28(32)35)13-19-11-22(29)26(23(12-19)36-3)37-15-18-5-7-20(30)8-6-18/h4-13H,14-15H2,1-3H3,(H,31,33)/b24-13+. The molecule has 10 heteroatoms. The smallest absolute Gasteiger partial charge is 0.294 e. The second-order valence-corrected chi connectivity index (χ2v) is 10.8. The molecule has 3 aromatic carbocycles. The van der Waals surface area contributed by atoms with Crippen LogP contribution in [0.25, 0.3) is 6.08 Å². The molecule has 0 spiro atoms. The van der Waals surface area contributed by atoms with Gasteiger partial charge in [-0.15, -0.1) is 0 Å². The second-order valence-electron chi connectivity index (χ2n) is 8.56. The van der Waals surface area contributed by atoms with Gasteiger partial charge < -0.3 is 14.8 Å². The number of carbonyl (C=O) groups is 3. The minimum absolute atomic E-state index is 0.206. The predicted molar refractivity (Wildman–Crippen MR) is 154 cm³/mol. The van der Waals surface area contributed by atoms with E-state index >= 15 is 0 Å². The summed E-state index contributed by atoms with van der Waals surface area (Å²) < 4.78 is 12.1. The van der Waals surface area contributed by atoms with Gasteiger partial charge in [0.1, 0.15) is 13.2 Å². The Balaban J connectivity index is 1.46. The maximum atomic E-state index is 13.0. The van der Waals surface area contributed by atoms with E-state index in [0.29, 0.717) is 38.9 Å². The number of methoxy groups -OCH3 is 1. The van der Waals surface area contributed by atoms with Crippen LogP contribution in [0, 0.1) is 13.8 Å². The Labute approximate surface area is 238 Å². The molecule has 0 aromatic heterocycles. The van der Waals surface area contributed by atoms with E-state index in [1.807, 2.05) is 38.1 Å². The van der Waals surface area contributed by atoms with E-state index in [9.17, 15) is 14.4 Å². The lowest BCUT2D eigenvalue weighted by Gasteiger charge is -2.14. The van der Waals surface area contributed by atoms with Crippen LogP contribution in [-0.4, -0.2) is 35.6 Å². The van der Waals surface area contributed by atoms with E-state index in [2.05, 4.69) is 21.2 Å². The number of nitrogens with one attached hydrogen (secondary N) is 1. The molecule has 1 N–H and O–H groups in total. The molecule has 4 rings (SSSR count). The van der Waals surface area contributed by atoms with Crippen LogP contribution in [0.3, 0.4) is 0 Å². The SMILES string of the molecule is COc1cc(/C=C2/SC(=O)N(CC(=O)Nc3ccc(C)c(C)c3)C2=O)cc(Br)c1OCc1ccc(Cl)cc1. The zero-order valence-electron chi connectivity index (χ0n) is 20.8. The van der Waals surface area contributed by atoms with E-state index in [4.69, 9.17) is 21.1 Å². The van der Waals surface area contributed by atoms with Gasteiger partial charge in [0.05, 0.1) is 16.5 Å². The molecule has 0 aliphatic carbocycles. The summed E-state index contributed by atoms with van der Waals surface area (Å²) in [4.78, 5) is 39.2. The minimum Gasteiger partial charge on any atom is -0.493 e. The van der Waals surface area contributed by atoms with Gasteiger partial charge >= 0.3 is 0 Å². The van der Waals surface area contributed by atoms with Crippen molar-refractivity contribution in [1.82, 2.24) is 4.90 Å². The number of hydrogen-bond donors (Lipinski definition) is 1. The lowest BCUT2D eigenvalue weighted by Crippen LogP contribution is -2.36. The number of aryl methyl sites for hydroxylation is 2. The fourth-order valence-corrected chi connectivity index (χ4v) is 5.19. The summed E-state index contributed by atoms with van der Waals surface area (Å²) in [5.41, 5.74) is 4.29. The molecule has 0 radical (unpaired) electrons. The Kier molecular flexibility index (Phi) is 8.81. The number of hydrogen-bond acceptors (Lipinski definition) is 6. The van der Waals surface area contributed by atoms with Crippen molar-refractivity contribution in [1.29, 1.82) is 0 Å². The Morgan fingerprint density at radius 2 is 1.82 bits per heavy atom. The van der Waals surface area contributed by atoms with Gasteiger partial charge in [-0.05, 0) is 106 Å². The van der Waals surface area contributed by atoms with Crippen molar-refractivity contribution < 1.29 is 23.9 Å². The quantitative estimate of drug-likeness (QED) is 0.275. The molecule has 0 saturated carbocycles. The Bertz CT molecular complexity index is 1440. The first-order chi connectivity index (χ1) is 18.1. The Morgan fingerprint density at radius 3 is 2.50 bits per heavy atom. The van der Waals surface area contributed by atoms with E-state index in [1.54, 1.807) is 36.4 Å². The molecular formula is C28H24BrClN2O5S. The molecule has 196 valence electrons. The van der Waals surface area contributed by atoms with Gasteiger partial charge in [-0.3, -0.25) is 19.3 Å². The minimum atomic E-state index is -0.534. The summed E-state index contributed by atoms with van der Waals surface area (Å²) in [6.45, 7) is 3.84. The first-order valence-electron chi connectivity index (χ1n) is 11.5. The average molecular weight is 616 g/mol. The highest BCUT2D eigenvalue weighted by atomic mass is 79.9. The van der Waals surface area contributed by atoms with Crippen molar-refractivity contribution in [2.45, 2.75) is 20.5 Å². The first kappa shape index (κ1) is 27.8. The number of anilines is 1. The predicted octanol–water partition coefficient (Wildman–Crippen LogP) is 6.98. The summed E-state index contributed by atoms with van der Waals surface area (Å²) in [5.74, 6) is -0.0425. The summed E-state index contributed by atoms with van der Waals surface area (Å²) in [6.07, 6.45) is 1.59. The third kappa shape index (κ3) is 6.59. The fraction of sp³-hybridized carbons (Fsp3) is 0.179. The van der Waals surface area contributed by atoms with Gasteiger partial charge in [0.2, 0.25) is 5.91 Å². The number of carbonyl (C=O) groups excluding carboxylic acids is 3. The van der Waals surface area contributed by atoms with Crippen LogP contribution in [0.1, 0.15) is 22.3 Å². The zero-order valence-corrected chi connectivity index (χ0v) is 24.0. The van der Waals surface area contributed by atoms with Crippen LogP contribution in [0.15, 0.2) is 64.0 Å². The van der Waals surface area contributed by atoms with Crippen molar-refractivity contribution in [2.24, 2.45) is 0 Å². The number of thioether (sulfide) groups is 1. The lowest BCUT2D eigenvalue weighted by molar-refractivity contribution is -0.127. The van der Waals surface area contributed by atoms with Gasteiger partial charge in [-0.25, -0.2) is 0 Å². The first-order valence-corrected chi connectivity index (χ1v) is 13.5. The average Bonchev–Trinajstić information content (AvgIpc) is 3.13. The summed E-state index contributed by atoms with van der Waals surface area (Å²) in [7, 11) is 1.52. The van der Waals surface area contributed by atoms with Crippen LogP contribution in [-0.2, 0) is 16.2 Å². The number of nitrogens with zero attached hydrogens (tertiary/aromatic N) is 1. The largest absolute Gasteiger partial charge is 0.493 e. The molecule has 7 nitrogen and oxygen atoms in total. The van der Waals surface area contributed by atoms with Crippen LogP contribution in [0.5, 0.6) is 11.5 Å². The van der Waals surface area contributed by atoms with Crippen LogP contribution >= 0.6 is 39.3 Å². The molecule has 1 saturated heterocycles. The fourth-order valence-electron chi connectivity index (χ4n) is 3.65. The topological polar surface area (TPSA) is 84.9 Å². The Morgan fingerprint density at radius 1 is 1.08 bits per heavy atom. The molecule has 0 bridgehead atoms. The number of benzene rings is 3. The third-order valence-electron chi connectivity index (χ3n) is 5.81. The molecule has 1 heterocycles. The molecule has 38 heavy (non-hydrogen) atoms. The van der Waals surface area contributed by atoms with Crippen LogP contribution < -0.4 is 14.8 Å². The van der Waals surface area contributed by atoms with Crippen molar-refractivity contribution in [3.05, 3.63) is 91.3 Å². The van der Waals surface area contributed by atoms with Gasteiger partial charge in [-0.2, -0.15) is 0 Å². The monoisotopic (exact) mass is 614 g/mol. The number of imide groups is 1. The maximum absolute atomic E-state index is 13.0. The van der Waals surface area contributed by atoms with Crippen molar-refractivity contribution in [3.63, 3.8) is 0 Å². The van der Waals surface area contributed by atoms with E-state index < -0.39 is 17.1 Å². The van der Waals surface area contributed by atoms with Gasteiger partial charge in [0.25, 0.3) is 11.1 Å². The number of amides is 3. The highest BCUT2D eigenvalue weighted by molar-refractivity contribution is 9.10.